The fourth-order valence-corrected chi connectivity index (χ4v) is 6.55. The first-order valence-corrected chi connectivity index (χ1v) is 22.5. The monoisotopic (exact) mass is 825 g/mol. The second-order valence-electron chi connectivity index (χ2n) is 13.7. The number of phenols is 1. The van der Waals surface area contributed by atoms with Gasteiger partial charge in [-0.2, -0.15) is 0 Å². The maximum absolute atomic E-state index is 12.7. The molecular weight excluding hydrogens is 743 g/mol. The number of carbonyl (C=O) groups is 2. The van der Waals surface area contributed by atoms with Crippen molar-refractivity contribution in [2.75, 3.05) is 92.7 Å². The van der Waals surface area contributed by atoms with Gasteiger partial charge in [0.1, 0.15) is 5.75 Å². The number of hydrogen-bond acceptors (Lipinski definition) is 11. The van der Waals surface area contributed by atoms with Crippen molar-refractivity contribution in [1.29, 1.82) is 0 Å². The van der Waals surface area contributed by atoms with Crippen LogP contribution in [0.2, 0.25) is 0 Å². The molecule has 2 aliphatic heterocycles. The molecule has 2 aliphatic rings. The molecule has 14 heteroatoms. The lowest BCUT2D eigenvalue weighted by Crippen LogP contribution is -2.45. The van der Waals surface area contributed by atoms with E-state index in [4.69, 9.17) is 24.7 Å². The Morgan fingerprint density at radius 2 is 1.51 bits per heavy atom. The van der Waals surface area contributed by atoms with Gasteiger partial charge in [-0.1, -0.05) is 72.3 Å². The zero-order valence-electron chi connectivity index (χ0n) is 36.6. The summed E-state index contributed by atoms with van der Waals surface area (Å²) in [6.07, 6.45) is 8.87. The van der Waals surface area contributed by atoms with Crippen molar-refractivity contribution in [3.63, 3.8) is 0 Å². The number of ether oxygens (including phenoxy) is 4. The van der Waals surface area contributed by atoms with Crippen LogP contribution in [0.3, 0.4) is 0 Å². The number of para-hydroxylation sites is 1. The molecule has 0 aromatic heterocycles. The van der Waals surface area contributed by atoms with Crippen LogP contribution in [0.4, 0.5) is 0 Å². The van der Waals surface area contributed by atoms with Crippen LogP contribution < -0.4 is 21.7 Å². The quantitative estimate of drug-likeness (QED) is 0.0447. The minimum atomic E-state index is -0.175. The van der Waals surface area contributed by atoms with E-state index in [1.807, 2.05) is 53.5 Å². The van der Waals surface area contributed by atoms with Crippen LogP contribution in [0.1, 0.15) is 98.0 Å². The predicted octanol–water partition coefficient (Wildman–Crippen LogP) is 5.30. The molecule has 2 saturated heterocycles. The Bertz CT molecular complexity index is 1210. The lowest BCUT2D eigenvalue weighted by atomic mass is 9.93. The van der Waals surface area contributed by atoms with Gasteiger partial charge in [-0.15, -0.1) is 9.24 Å². The van der Waals surface area contributed by atoms with Crippen LogP contribution in [-0.2, 0) is 28.5 Å². The normalized spacial score (nSPS) is 19.0. The highest BCUT2D eigenvalue weighted by Gasteiger charge is 2.35. The third kappa shape index (κ3) is 24.8. The van der Waals surface area contributed by atoms with E-state index in [1.54, 1.807) is 12.1 Å². The highest BCUT2D eigenvalue weighted by Crippen LogP contribution is 2.25. The Morgan fingerprint density at radius 3 is 2.09 bits per heavy atom. The van der Waals surface area contributed by atoms with Crippen molar-refractivity contribution < 1.29 is 33.6 Å². The Labute approximate surface area is 348 Å². The average Bonchev–Trinajstić information content (AvgIpc) is 3.78. The van der Waals surface area contributed by atoms with Crippen molar-refractivity contribution in [3.8, 4) is 5.75 Å². The molecule has 2 fully saturated rings. The van der Waals surface area contributed by atoms with E-state index in [2.05, 4.69) is 48.6 Å². The first kappa shape index (κ1) is 54.4. The lowest BCUT2D eigenvalue weighted by molar-refractivity contribution is -0.125. The molecule has 1 unspecified atom stereocenters. The van der Waals surface area contributed by atoms with Gasteiger partial charge in [0, 0.05) is 48.6 Å². The summed E-state index contributed by atoms with van der Waals surface area (Å²) in [6.45, 7) is 22.5. The smallest absolute Gasteiger partial charge is 0.237 e. The summed E-state index contributed by atoms with van der Waals surface area (Å²) < 4.78 is 22.3. The molecule has 1 aromatic carbocycles. The Morgan fingerprint density at radius 1 is 0.947 bits per heavy atom. The number of likely N-dealkylation sites (tertiary alicyclic amines) is 1. The highest BCUT2D eigenvalue weighted by atomic mass is 31.0. The van der Waals surface area contributed by atoms with Crippen molar-refractivity contribution in [1.82, 2.24) is 20.9 Å². The molecule has 1 aromatic rings. The summed E-state index contributed by atoms with van der Waals surface area (Å²) in [4.78, 5) is 31.1. The molecule has 57 heavy (non-hydrogen) atoms. The number of likely N-dealkylation sites (N-methyl/N-ethyl adjacent to an activating group) is 1. The van der Waals surface area contributed by atoms with Gasteiger partial charge in [0.15, 0.2) is 0 Å². The van der Waals surface area contributed by atoms with E-state index < -0.39 is 0 Å². The van der Waals surface area contributed by atoms with Crippen molar-refractivity contribution in [2.24, 2.45) is 16.6 Å². The van der Waals surface area contributed by atoms with Crippen LogP contribution in [0.25, 0.3) is 0 Å². The second-order valence-corrected chi connectivity index (χ2v) is 13.7. The summed E-state index contributed by atoms with van der Waals surface area (Å²) in [6, 6.07) is 7.57. The van der Waals surface area contributed by atoms with Crippen LogP contribution in [-0.4, -0.2) is 138 Å². The van der Waals surface area contributed by atoms with E-state index in [0.717, 1.165) is 81.4 Å². The third-order valence-electron chi connectivity index (χ3n) is 9.64. The van der Waals surface area contributed by atoms with Gasteiger partial charge in [0.2, 0.25) is 11.8 Å². The number of aromatic hydroxyl groups is 1. The van der Waals surface area contributed by atoms with E-state index in [9.17, 15) is 14.7 Å². The van der Waals surface area contributed by atoms with Gasteiger partial charge in [-0.05, 0) is 70.7 Å². The van der Waals surface area contributed by atoms with Crippen LogP contribution in [0.5, 0.6) is 5.75 Å². The van der Waals surface area contributed by atoms with Crippen LogP contribution in [0.15, 0.2) is 41.5 Å². The van der Waals surface area contributed by atoms with Gasteiger partial charge in [-0.25, -0.2) is 0 Å². The number of hydrogen-bond donors (Lipinski definition) is 5. The Hall–Kier alpha value is -2.64. The number of carbonyl (C=O) groups excluding carboxylic acids is 2. The van der Waals surface area contributed by atoms with E-state index >= 15 is 0 Å². The molecule has 0 bridgehead atoms. The number of amides is 2. The maximum atomic E-state index is 12.7. The molecule has 0 saturated carbocycles. The number of nitrogens with zero attached hydrogens (tertiary/aromatic N) is 2. The van der Waals surface area contributed by atoms with Crippen molar-refractivity contribution in [3.05, 3.63) is 42.1 Å². The molecule has 5 atom stereocenters. The van der Waals surface area contributed by atoms with Crippen LogP contribution in [0, 0.1) is 5.92 Å². The van der Waals surface area contributed by atoms with E-state index in [0.29, 0.717) is 84.3 Å². The zero-order chi connectivity index (χ0) is 42.7. The summed E-state index contributed by atoms with van der Waals surface area (Å²) in [5.74, 6) is 0.954. The molecule has 2 heterocycles. The second kappa shape index (κ2) is 36.4. The maximum Gasteiger partial charge on any atom is 0.237 e. The van der Waals surface area contributed by atoms with Crippen molar-refractivity contribution >= 4 is 26.8 Å². The number of rotatable bonds is 27. The van der Waals surface area contributed by atoms with Gasteiger partial charge < -0.3 is 45.7 Å². The molecular formula is C43H81N6O7P. The molecule has 330 valence electrons. The molecule has 0 radical (unpaired) electrons. The molecule has 13 nitrogen and oxygen atoms in total. The highest BCUT2D eigenvalue weighted by molar-refractivity contribution is 7.15. The van der Waals surface area contributed by atoms with E-state index in [1.165, 1.54) is 0 Å². The SMILES string of the molecule is C=C(CCCCC[C@H]1NC(=O)C[C@H]1CC)NCCOCCOCCOCCOCCNC(=O)[C@H]1CC[C@@H](CN=C(C)c2ccccc2O)N1C.CC.CCN.CP. The van der Waals surface area contributed by atoms with Crippen molar-refractivity contribution in [2.45, 2.75) is 111 Å². The number of unbranched alkanes of at least 4 members (excludes halogenated alkanes) is 2. The fraction of sp³-hybridized carbons (Fsp3) is 0.744. The van der Waals surface area contributed by atoms with Gasteiger partial charge in [0.05, 0.1) is 65.4 Å². The number of nitrogens with two attached hydrogens (primary N) is 1. The fourth-order valence-electron chi connectivity index (χ4n) is 6.55. The first-order chi connectivity index (χ1) is 27.7. The Kier molecular flexibility index (Phi) is 34.8. The van der Waals surface area contributed by atoms with Gasteiger partial charge in [0.25, 0.3) is 0 Å². The van der Waals surface area contributed by atoms with Gasteiger partial charge in [-0.3, -0.25) is 19.5 Å². The topological polar surface area (TPSA) is 169 Å². The molecule has 0 spiro atoms. The standard InChI is InChI=1S/C38H63N5O7.C2H7N.C2H6.CH5P/c1-5-31-27-37(45)42-34(31)13-8-6-7-11-29(2)39-17-19-47-21-23-49-25-26-50-24-22-48-20-18-40-38(46)35-16-15-32(43(35)4)28-41-30(3)33-12-9-10-14-36(33)44;1-2-3;2*1-2/h9-10,12,14,31-32,34-35,39,44H,2,5-8,11,13,15-28H2,1,3-4H3,(H,40,46)(H,42,45);2-3H2,1H3;1-2H3;2H2,1H3/t31-,32+,34-,35-;;;/m1.../s1. The van der Waals surface area contributed by atoms with Gasteiger partial charge >= 0.3 is 0 Å². The number of nitrogens with one attached hydrogen (secondary N) is 3. The average molecular weight is 825 g/mol. The summed E-state index contributed by atoms with van der Waals surface area (Å²) in [5.41, 5.74) is 7.42. The lowest BCUT2D eigenvalue weighted by Gasteiger charge is -2.24. The predicted molar refractivity (Wildman–Crippen MR) is 238 cm³/mol. The molecule has 2 amide bonds. The number of aliphatic imine (C=N–C) groups is 1. The minimum absolute atomic E-state index is 0.0134. The zero-order valence-corrected chi connectivity index (χ0v) is 37.8. The molecule has 3 rings (SSSR count). The first-order valence-electron chi connectivity index (χ1n) is 21.3. The number of allylic oxidation sites excluding steroid dienone is 1. The van der Waals surface area contributed by atoms with Crippen LogP contribution >= 0.6 is 9.24 Å². The summed E-state index contributed by atoms with van der Waals surface area (Å²) in [5, 5.41) is 19.5. The third-order valence-corrected chi connectivity index (χ3v) is 9.64. The molecule has 0 aliphatic carbocycles. The number of benzene rings is 1. The number of phenolic OH excluding ortho intramolecular Hbond substituents is 1. The minimum Gasteiger partial charge on any atom is -0.507 e. The summed E-state index contributed by atoms with van der Waals surface area (Å²) in [7, 11) is 4.39. The summed E-state index contributed by atoms with van der Waals surface area (Å²) >= 11 is 0. The van der Waals surface area contributed by atoms with E-state index in [-0.39, 0.29) is 29.6 Å². The molecule has 6 N–H and O–H groups in total. The largest absolute Gasteiger partial charge is 0.507 e. The Balaban J connectivity index is 0.00000420.